The Bertz CT molecular complexity index is 782. The summed E-state index contributed by atoms with van der Waals surface area (Å²) in [7, 11) is -4.01. The number of rotatable bonds is 3. The van der Waals surface area contributed by atoms with Gasteiger partial charge in [0.1, 0.15) is 5.78 Å². The topological polar surface area (TPSA) is 119 Å². The van der Waals surface area contributed by atoms with E-state index in [0.717, 1.165) is 0 Å². The van der Waals surface area contributed by atoms with Gasteiger partial charge in [0, 0.05) is 18.6 Å². The van der Waals surface area contributed by atoms with Gasteiger partial charge in [-0.2, -0.15) is 5.10 Å². The van der Waals surface area contributed by atoms with Crippen LogP contribution in [0.25, 0.3) is 0 Å². The third-order valence-corrected chi connectivity index (χ3v) is 4.48. The average molecular weight is 337 g/mol. The van der Waals surface area contributed by atoms with E-state index < -0.39 is 15.9 Å². The van der Waals surface area contributed by atoms with Gasteiger partial charge >= 0.3 is 0 Å². The molecule has 3 N–H and O–H groups in total. The van der Waals surface area contributed by atoms with E-state index in [9.17, 15) is 18.0 Å². The molecule has 0 aromatic heterocycles. The second-order valence-corrected chi connectivity index (χ2v) is 7.92. The fourth-order valence-corrected chi connectivity index (χ4v) is 3.41. The first-order chi connectivity index (χ1) is 10.6. The molecule has 0 saturated heterocycles. The van der Waals surface area contributed by atoms with E-state index in [1.165, 1.54) is 24.3 Å². The predicted molar refractivity (Wildman–Crippen MR) is 85.4 cm³/mol. The minimum absolute atomic E-state index is 0.0687. The van der Waals surface area contributed by atoms with Crippen molar-refractivity contribution in [2.45, 2.75) is 38.0 Å². The number of benzene rings is 1. The number of nitrogens with one attached hydrogen (secondary N) is 1. The summed E-state index contributed by atoms with van der Waals surface area (Å²) in [5.74, 6) is -0.614. The van der Waals surface area contributed by atoms with Gasteiger partial charge in [-0.15, -0.1) is 0 Å². The molecule has 0 spiro atoms. The maximum Gasteiger partial charge on any atom is 0.272 e. The summed E-state index contributed by atoms with van der Waals surface area (Å²) >= 11 is 0. The van der Waals surface area contributed by atoms with Crippen molar-refractivity contribution in [3.05, 3.63) is 29.8 Å². The summed E-state index contributed by atoms with van der Waals surface area (Å²) in [6.45, 7) is 3.91. The Morgan fingerprint density at radius 3 is 2.52 bits per heavy atom. The van der Waals surface area contributed by atoms with Gasteiger partial charge in [-0.3, -0.25) is 9.59 Å². The van der Waals surface area contributed by atoms with Crippen molar-refractivity contribution >= 4 is 27.4 Å². The highest BCUT2D eigenvalue weighted by molar-refractivity contribution is 7.89. The van der Waals surface area contributed by atoms with Gasteiger partial charge in [-0.25, -0.2) is 19.0 Å². The molecule has 1 aliphatic carbocycles. The zero-order valence-electron chi connectivity index (χ0n) is 13.0. The van der Waals surface area contributed by atoms with Crippen molar-refractivity contribution in [3.8, 4) is 0 Å². The van der Waals surface area contributed by atoms with Gasteiger partial charge in [0.25, 0.3) is 5.91 Å². The van der Waals surface area contributed by atoms with Crippen LogP contribution >= 0.6 is 0 Å². The molecule has 1 aliphatic rings. The first-order valence-electron chi connectivity index (χ1n) is 7.08. The van der Waals surface area contributed by atoms with Crippen LogP contribution in [0, 0.1) is 5.41 Å². The van der Waals surface area contributed by atoms with Crippen molar-refractivity contribution in [3.63, 3.8) is 0 Å². The van der Waals surface area contributed by atoms with Gasteiger partial charge in [0.2, 0.25) is 10.0 Å². The van der Waals surface area contributed by atoms with E-state index in [2.05, 4.69) is 10.5 Å². The summed E-state index contributed by atoms with van der Waals surface area (Å²) in [5.41, 5.74) is 2.61. The zero-order chi connectivity index (χ0) is 17.3. The van der Waals surface area contributed by atoms with Crippen LogP contribution < -0.4 is 10.6 Å². The largest absolute Gasteiger partial charge is 0.299 e. The molecular weight excluding hydrogens is 318 g/mol. The number of primary sulfonamides is 1. The quantitative estimate of drug-likeness (QED) is 0.805. The highest BCUT2D eigenvalue weighted by Crippen LogP contribution is 2.31. The van der Waals surface area contributed by atoms with Crippen LogP contribution in [0.4, 0.5) is 0 Å². The van der Waals surface area contributed by atoms with Crippen molar-refractivity contribution < 1.29 is 18.0 Å². The van der Waals surface area contributed by atoms with Crippen LogP contribution in [0.2, 0.25) is 0 Å². The Kier molecular flexibility index (Phi) is 4.67. The maximum atomic E-state index is 12.2. The molecule has 2 rings (SSSR count). The Morgan fingerprint density at radius 1 is 1.26 bits per heavy atom. The first-order valence-corrected chi connectivity index (χ1v) is 8.62. The molecule has 0 heterocycles. The van der Waals surface area contributed by atoms with Crippen LogP contribution in [-0.2, 0) is 14.8 Å². The summed E-state index contributed by atoms with van der Waals surface area (Å²) < 4.78 is 23.0. The van der Waals surface area contributed by atoms with Gasteiger partial charge in [-0.1, -0.05) is 26.0 Å². The number of carbonyl (C=O) groups is 2. The lowest BCUT2D eigenvalue weighted by molar-refractivity contribution is -0.120. The first kappa shape index (κ1) is 17.3. The van der Waals surface area contributed by atoms with Crippen LogP contribution in [0.15, 0.2) is 34.3 Å². The number of sulfonamides is 1. The molecule has 1 aromatic rings. The minimum atomic E-state index is -4.01. The van der Waals surface area contributed by atoms with E-state index in [1.54, 1.807) is 0 Å². The Hall–Kier alpha value is -2.06. The van der Waals surface area contributed by atoms with Crippen molar-refractivity contribution in [2.24, 2.45) is 15.7 Å². The third kappa shape index (κ3) is 4.46. The fourth-order valence-electron chi connectivity index (χ4n) is 2.67. The molecule has 0 bridgehead atoms. The molecule has 0 aliphatic heterocycles. The third-order valence-electron chi connectivity index (χ3n) is 3.51. The molecule has 0 unspecified atom stereocenters. The second-order valence-electron chi connectivity index (χ2n) is 6.39. The minimum Gasteiger partial charge on any atom is -0.299 e. The molecule has 124 valence electrons. The van der Waals surface area contributed by atoms with Crippen molar-refractivity contribution in [1.82, 2.24) is 5.43 Å². The molecule has 0 radical (unpaired) electrons. The second kappa shape index (κ2) is 6.21. The number of ketones is 1. The lowest BCUT2D eigenvalue weighted by atomic mass is 9.76. The van der Waals surface area contributed by atoms with E-state index >= 15 is 0 Å². The number of carbonyl (C=O) groups excluding carboxylic acids is 2. The number of nitrogens with two attached hydrogens (primary N) is 1. The molecule has 23 heavy (non-hydrogen) atoms. The lowest BCUT2D eigenvalue weighted by Gasteiger charge is -2.29. The van der Waals surface area contributed by atoms with Gasteiger partial charge in [-0.05, 0) is 24.0 Å². The van der Waals surface area contributed by atoms with Crippen LogP contribution in [-0.4, -0.2) is 25.8 Å². The van der Waals surface area contributed by atoms with Gasteiger partial charge in [0.05, 0.1) is 10.5 Å². The number of nitrogens with zero attached hydrogens (tertiary/aromatic N) is 1. The summed E-state index contributed by atoms with van der Waals surface area (Å²) in [5, 5.41) is 9.09. The predicted octanol–water partition coefficient (Wildman–Crippen LogP) is 1.20. The Morgan fingerprint density at radius 2 is 1.91 bits per heavy atom. The van der Waals surface area contributed by atoms with Crippen molar-refractivity contribution in [1.29, 1.82) is 0 Å². The van der Waals surface area contributed by atoms with Crippen LogP contribution in [0.5, 0.6) is 0 Å². The smallest absolute Gasteiger partial charge is 0.272 e. The Balaban J connectivity index is 2.21. The average Bonchev–Trinajstić information content (AvgIpc) is 2.41. The summed E-state index contributed by atoms with van der Waals surface area (Å²) in [6.07, 6.45) is 1.27. The van der Waals surface area contributed by atoms with Crippen molar-refractivity contribution in [2.75, 3.05) is 0 Å². The van der Waals surface area contributed by atoms with E-state index in [1.807, 2.05) is 13.8 Å². The van der Waals surface area contributed by atoms with Gasteiger partial charge in [0.15, 0.2) is 0 Å². The highest BCUT2D eigenvalue weighted by Gasteiger charge is 2.30. The lowest BCUT2D eigenvalue weighted by Crippen LogP contribution is -2.31. The van der Waals surface area contributed by atoms with E-state index in [0.29, 0.717) is 18.6 Å². The number of hydrazone groups is 1. The maximum absolute atomic E-state index is 12.2. The number of Topliss-reactive ketones (excluding diaryl/α,β-unsaturated/α-hetero) is 1. The standard InChI is InChI=1S/C15H19N3O4S/c1-15(2)8-10(7-11(19)9-15)17-18-14(20)12-5-3-4-6-13(12)23(16,21)22/h3-6H,7-9H2,1-2H3,(H,18,20)(H2,16,21,22)/b17-10-. The SMILES string of the molecule is CC1(C)CC(=O)C/C(=N/NC(=O)c2ccccc2S(N)(=O)=O)C1. The van der Waals surface area contributed by atoms with E-state index in [-0.39, 0.29) is 28.1 Å². The number of amides is 1. The van der Waals surface area contributed by atoms with E-state index in [4.69, 9.17) is 5.14 Å². The molecular formula is C15H19N3O4S. The van der Waals surface area contributed by atoms with Gasteiger partial charge < -0.3 is 0 Å². The summed E-state index contributed by atoms with van der Waals surface area (Å²) in [6, 6.07) is 5.62. The molecule has 8 heteroatoms. The number of hydrogen-bond acceptors (Lipinski definition) is 5. The monoisotopic (exact) mass is 337 g/mol. The highest BCUT2D eigenvalue weighted by atomic mass is 32.2. The molecule has 1 saturated carbocycles. The molecule has 1 aromatic carbocycles. The number of hydrogen-bond donors (Lipinski definition) is 2. The van der Waals surface area contributed by atoms with Crippen LogP contribution in [0.1, 0.15) is 43.5 Å². The molecule has 0 atom stereocenters. The molecule has 1 fully saturated rings. The Labute approximate surface area is 135 Å². The zero-order valence-corrected chi connectivity index (χ0v) is 13.8. The summed E-state index contributed by atoms with van der Waals surface area (Å²) in [4.78, 5) is 23.6. The van der Waals surface area contributed by atoms with Crippen LogP contribution in [0.3, 0.4) is 0 Å². The molecule has 1 amide bonds. The fraction of sp³-hybridized carbons (Fsp3) is 0.400. The normalized spacial score (nSPS) is 19.6. The molecule has 7 nitrogen and oxygen atoms in total.